The van der Waals surface area contributed by atoms with E-state index in [0.717, 1.165) is 41.4 Å². The molecule has 0 atom stereocenters. The Morgan fingerprint density at radius 3 is 2.39 bits per heavy atom. The predicted molar refractivity (Wildman–Crippen MR) is 132 cm³/mol. The SMILES string of the molecule is O=C(Cn1c(COc2ccccc2)nc2ccccc21)Nc1ccc(N2CCCCC2)cc1. The van der Waals surface area contributed by atoms with Crippen LogP contribution in [0.1, 0.15) is 25.1 Å². The van der Waals surface area contributed by atoms with Gasteiger partial charge >= 0.3 is 0 Å². The van der Waals surface area contributed by atoms with E-state index in [1.54, 1.807) is 0 Å². The van der Waals surface area contributed by atoms with E-state index in [4.69, 9.17) is 9.72 Å². The first-order chi connectivity index (χ1) is 16.3. The number of benzene rings is 3. The van der Waals surface area contributed by atoms with Crippen molar-refractivity contribution < 1.29 is 9.53 Å². The van der Waals surface area contributed by atoms with E-state index in [0.29, 0.717) is 0 Å². The van der Waals surface area contributed by atoms with Crippen molar-refractivity contribution >= 4 is 28.3 Å². The number of carbonyl (C=O) groups is 1. The Balaban J connectivity index is 1.29. The summed E-state index contributed by atoms with van der Waals surface area (Å²) in [5.41, 5.74) is 3.78. The second kappa shape index (κ2) is 9.77. The average molecular weight is 441 g/mol. The molecule has 168 valence electrons. The van der Waals surface area contributed by atoms with Gasteiger partial charge in [-0.2, -0.15) is 0 Å². The Morgan fingerprint density at radius 1 is 0.879 bits per heavy atom. The third-order valence-electron chi connectivity index (χ3n) is 6.02. The van der Waals surface area contributed by atoms with Crippen LogP contribution < -0.4 is 15.0 Å². The van der Waals surface area contributed by atoms with Crippen molar-refractivity contribution in [3.05, 3.63) is 84.7 Å². The number of rotatable bonds is 7. The van der Waals surface area contributed by atoms with Gasteiger partial charge in [0.15, 0.2) is 0 Å². The number of ether oxygens (including phenoxy) is 1. The van der Waals surface area contributed by atoms with Crippen molar-refractivity contribution in [2.24, 2.45) is 0 Å². The van der Waals surface area contributed by atoms with Crippen molar-refractivity contribution in [3.8, 4) is 5.75 Å². The highest BCUT2D eigenvalue weighted by atomic mass is 16.5. The number of hydrogen-bond acceptors (Lipinski definition) is 4. The molecule has 0 spiro atoms. The minimum Gasteiger partial charge on any atom is -0.486 e. The van der Waals surface area contributed by atoms with Crippen molar-refractivity contribution in [2.45, 2.75) is 32.4 Å². The van der Waals surface area contributed by atoms with Gasteiger partial charge in [-0.25, -0.2) is 4.98 Å². The fourth-order valence-electron chi connectivity index (χ4n) is 4.33. The molecule has 1 aromatic heterocycles. The fourth-order valence-corrected chi connectivity index (χ4v) is 4.33. The zero-order chi connectivity index (χ0) is 22.5. The number of hydrogen-bond donors (Lipinski definition) is 1. The Hall–Kier alpha value is -3.80. The van der Waals surface area contributed by atoms with E-state index >= 15 is 0 Å². The maximum atomic E-state index is 12.9. The second-order valence-corrected chi connectivity index (χ2v) is 8.35. The highest BCUT2D eigenvalue weighted by Crippen LogP contribution is 2.22. The average Bonchev–Trinajstić information content (AvgIpc) is 3.21. The van der Waals surface area contributed by atoms with Gasteiger partial charge in [0.25, 0.3) is 0 Å². The van der Waals surface area contributed by atoms with Gasteiger partial charge in [-0.1, -0.05) is 30.3 Å². The Kier molecular flexibility index (Phi) is 6.24. The van der Waals surface area contributed by atoms with E-state index in [-0.39, 0.29) is 19.1 Å². The molecule has 5 rings (SSSR count). The Morgan fingerprint density at radius 2 is 1.61 bits per heavy atom. The first-order valence-electron chi connectivity index (χ1n) is 11.5. The van der Waals surface area contributed by atoms with E-state index in [9.17, 15) is 4.79 Å². The largest absolute Gasteiger partial charge is 0.486 e. The molecule has 4 aromatic rings. The smallest absolute Gasteiger partial charge is 0.244 e. The third kappa shape index (κ3) is 5.00. The van der Waals surface area contributed by atoms with Crippen LogP contribution in [-0.2, 0) is 17.9 Å². The number of para-hydroxylation sites is 3. The van der Waals surface area contributed by atoms with Crippen LogP contribution in [0, 0.1) is 0 Å². The van der Waals surface area contributed by atoms with Crippen LogP contribution in [0.2, 0.25) is 0 Å². The van der Waals surface area contributed by atoms with Crippen molar-refractivity contribution in [2.75, 3.05) is 23.3 Å². The normalized spacial score (nSPS) is 13.8. The molecule has 0 radical (unpaired) electrons. The maximum absolute atomic E-state index is 12.9. The number of nitrogens with one attached hydrogen (secondary N) is 1. The van der Waals surface area contributed by atoms with Gasteiger partial charge in [0.2, 0.25) is 5.91 Å². The van der Waals surface area contributed by atoms with Gasteiger partial charge in [0.05, 0.1) is 11.0 Å². The summed E-state index contributed by atoms with van der Waals surface area (Å²) in [6.07, 6.45) is 3.80. The molecule has 0 saturated carbocycles. The summed E-state index contributed by atoms with van der Waals surface area (Å²) >= 11 is 0. The van der Waals surface area contributed by atoms with Crippen LogP contribution >= 0.6 is 0 Å². The molecule has 1 fully saturated rings. The van der Waals surface area contributed by atoms with Crippen LogP contribution in [-0.4, -0.2) is 28.5 Å². The van der Waals surface area contributed by atoms with Crippen molar-refractivity contribution in [3.63, 3.8) is 0 Å². The topological polar surface area (TPSA) is 59.4 Å². The minimum absolute atomic E-state index is 0.0927. The zero-order valence-corrected chi connectivity index (χ0v) is 18.6. The molecule has 3 aromatic carbocycles. The summed E-state index contributed by atoms with van der Waals surface area (Å²) in [5, 5.41) is 3.03. The monoisotopic (exact) mass is 440 g/mol. The number of nitrogens with zero attached hydrogens (tertiary/aromatic N) is 3. The van der Waals surface area contributed by atoms with E-state index in [1.165, 1.54) is 24.9 Å². The molecular weight excluding hydrogens is 412 g/mol. The summed E-state index contributed by atoms with van der Waals surface area (Å²) in [6, 6.07) is 25.6. The summed E-state index contributed by atoms with van der Waals surface area (Å²) < 4.78 is 7.84. The molecular formula is C27H28N4O2. The van der Waals surface area contributed by atoms with Gasteiger partial charge in [0.1, 0.15) is 24.7 Å². The van der Waals surface area contributed by atoms with E-state index in [1.807, 2.05) is 71.3 Å². The van der Waals surface area contributed by atoms with Crippen LogP contribution in [0.3, 0.4) is 0 Å². The molecule has 6 nitrogen and oxygen atoms in total. The molecule has 6 heteroatoms. The lowest BCUT2D eigenvalue weighted by Gasteiger charge is -2.28. The van der Waals surface area contributed by atoms with E-state index in [2.05, 4.69) is 22.3 Å². The van der Waals surface area contributed by atoms with Gasteiger partial charge < -0.3 is 19.5 Å². The lowest BCUT2D eigenvalue weighted by Crippen LogP contribution is -2.29. The number of amides is 1. The summed E-state index contributed by atoms with van der Waals surface area (Å²) in [4.78, 5) is 20.0. The van der Waals surface area contributed by atoms with Crippen LogP contribution in [0.25, 0.3) is 11.0 Å². The molecule has 0 unspecified atom stereocenters. The molecule has 33 heavy (non-hydrogen) atoms. The highest BCUT2D eigenvalue weighted by Gasteiger charge is 2.15. The first kappa shape index (κ1) is 21.1. The summed E-state index contributed by atoms with van der Waals surface area (Å²) in [6.45, 7) is 2.67. The van der Waals surface area contributed by atoms with Crippen LogP contribution in [0.5, 0.6) is 5.75 Å². The standard InChI is InChI=1S/C27H28N4O2/c32-27(28-21-13-15-22(16-14-21)30-17-7-2-8-18-30)19-31-25-12-6-5-11-24(25)29-26(31)20-33-23-9-3-1-4-10-23/h1,3-6,9-16H,2,7-8,17-20H2,(H,28,32). The number of fused-ring (bicyclic) bond motifs is 1. The number of carbonyl (C=O) groups excluding carboxylic acids is 1. The molecule has 1 aliphatic rings. The fraction of sp³-hybridized carbons (Fsp3) is 0.259. The van der Waals surface area contributed by atoms with Crippen molar-refractivity contribution in [1.82, 2.24) is 9.55 Å². The number of piperidine rings is 1. The highest BCUT2D eigenvalue weighted by molar-refractivity contribution is 5.92. The number of imidazole rings is 1. The molecule has 1 N–H and O–H groups in total. The molecule has 2 heterocycles. The second-order valence-electron chi connectivity index (χ2n) is 8.35. The van der Waals surface area contributed by atoms with Crippen molar-refractivity contribution in [1.29, 1.82) is 0 Å². The maximum Gasteiger partial charge on any atom is 0.244 e. The van der Waals surface area contributed by atoms with Gasteiger partial charge in [-0.3, -0.25) is 4.79 Å². The summed E-state index contributed by atoms with van der Waals surface area (Å²) in [7, 11) is 0. The zero-order valence-electron chi connectivity index (χ0n) is 18.6. The Labute approximate surface area is 193 Å². The quantitative estimate of drug-likeness (QED) is 0.427. The molecule has 0 aliphatic carbocycles. The van der Waals surface area contributed by atoms with Crippen LogP contribution in [0.4, 0.5) is 11.4 Å². The lowest BCUT2D eigenvalue weighted by molar-refractivity contribution is -0.116. The number of anilines is 2. The van der Waals surface area contributed by atoms with Gasteiger partial charge in [0, 0.05) is 24.5 Å². The minimum atomic E-state index is -0.0927. The molecule has 1 aliphatic heterocycles. The van der Waals surface area contributed by atoms with Gasteiger partial charge in [-0.15, -0.1) is 0 Å². The molecule has 1 amide bonds. The molecule has 1 saturated heterocycles. The Bertz CT molecular complexity index is 1210. The number of aromatic nitrogens is 2. The predicted octanol–water partition coefficient (Wildman–Crippen LogP) is 5.24. The van der Waals surface area contributed by atoms with Crippen LogP contribution in [0.15, 0.2) is 78.9 Å². The van der Waals surface area contributed by atoms with E-state index < -0.39 is 0 Å². The van der Waals surface area contributed by atoms with Gasteiger partial charge in [-0.05, 0) is 67.8 Å². The molecule has 0 bridgehead atoms. The summed E-state index contributed by atoms with van der Waals surface area (Å²) in [5.74, 6) is 1.40. The lowest BCUT2D eigenvalue weighted by atomic mass is 10.1. The third-order valence-corrected chi connectivity index (χ3v) is 6.02. The first-order valence-corrected chi connectivity index (χ1v) is 11.5.